The first-order chi connectivity index (χ1) is 8.08. The van der Waals surface area contributed by atoms with Gasteiger partial charge in [-0.1, -0.05) is 6.92 Å². The second-order valence-corrected chi connectivity index (χ2v) is 5.75. The van der Waals surface area contributed by atoms with Crippen LogP contribution >= 0.6 is 0 Å². The summed E-state index contributed by atoms with van der Waals surface area (Å²) in [4.78, 5) is 16.2. The third-order valence-corrected chi connectivity index (χ3v) is 4.11. The maximum atomic E-state index is 11.9. The highest BCUT2D eigenvalue weighted by Gasteiger charge is 2.30. The van der Waals surface area contributed by atoms with Crippen LogP contribution in [-0.2, 0) is 4.79 Å². The van der Waals surface area contributed by atoms with E-state index in [-0.39, 0.29) is 5.91 Å². The summed E-state index contributed by atoms with van der Waals surface area (Å²) in [5, 5.41) is 3.44. The highest BCUT2D eigenvalue weighted by atomic mass is 16.2. The molecule has 2 atom stereocenters. The van der Waals surface area contributed by atoms with E-state index in [9.17, 15) is 4.79 Å². The Morgan fingerprint density at radius 1 is 1.41 bits per heavy atom. The summed E-state index contributed by atoms with van der Waals surface area (Å²) in [5.41, 5.74) is 0. The zero-order valence-corrected chi connectivity index (χ0v) is 11.3. The van der Waals surface area contributed by atoms with E-state index in [1.165, 1.54) is 12.8 Å². The van der Waals surface area contributed by atoms with Gasteiger partial charge in [0.15, 0.2) is 0 Å². The van der Waals surface area contributed by atoms with E-state index in [2.05, 4.69) is 24.2 Å². The van der Waals surface area contributed by atoms with E-state index in [4.69, 9.17) is 0 Å². The van der Waals surface area contributed by atoms with Gasteiger partial charge in [-0.15, -0.1) is 0 Å². The zero-order chi connectivity index (χ0) is 12.4. The minimum atomic E-state index is 0.249. The molecule has 1 heterocycles. The molecule has 2 fully saturated rings. The smallest absolute Gasteiger partial charge is 0.236 e. The number of carbonyl (C=O) groups is 1. The predicted molar refractivity (Wildman–Crippen MR) is 68.9 cm³/mol. The van der Waals surface area contributed by atoms with Gasteiger partial charge in [0.1, 0.15) is 0 Å². The van der Waals surface area contributed by atoms with Crippen LogP contribution in [0.1, 0.15) is 26.2 Å². The highest BCUT2D eigenvalue weighted by Crippen LogP contribution is 2.25. The Labute approximate surface area is 104 Å². The minimum absolute atomic E-state index is 0.249. The molecule has 1 saturated heterocycles. The molecule has 0 bridgehead atoms. The number of nitrogens with zero attached hydrogens (tertiary/aromatic N) is 2. The number of rotatable bonds is 4. The fourth-order valence-corrected chi connectivity index (χ4v) is 2.67. The molecule has 0 aromatic rings. The second-order valence-electron chi connectivity index (χ2n) is 5.75. The van der Waals surface area contributed by atoms with Crippen LogP contribution in [0.3, 0.4) is 0 Å². The molecule has 4 heteroatoms. The number of carbonyl (C=O) groups excluding carboxylic acids is 1. The van der Waals surface area contributed by atoms with Gasteiger partial charge in [-0.3, -0.25) is 4.79 Å². The van der Waals surface area contributed by atoms with Gasteiger partial charge in [-0.05, 0) is 38.8 Å². The summed E-state index contributed by atoms with van der Waals surface area (Å²) >= 11 is 0. The van der Waals surface area contributed by atoms with Crippen molar-refractivity contribution in [1.29, 1.82) is 0 Å². The zero-order valence-electron chi connectivity index (χ0n) is 11.3. The van der Waals surface area contributed by atoms with Crippen LogP contribution in [0.5, 0.6) is 0 Å². The van der Waals surface area contributed by atoms with Crippen molar-refractivity contribution < 1.29 is 4.79 Å². The summed E-state index contributed by atoms with van der Waals surface area (Å²) in [5.74, 6) is 0.881. The first kappa shape index (κ1) is 12.8. The molecular formula is C13H25N3O. The van der Waals surface area contributed by atoms with E-state index >= 15 is 0 Å². The van der Waals surface area contributed by atoms with E-state index in [0.29, 0.717) is 24.5 Å². The Morgan fingerprint density at radius 2 is 2.12 bits per heavy atom. The topological polar surface area (TPSA) is 35.6 Å². The lowest BCUT2D eigenvalue weighted by Crippen LogP contribution is -2.49. The Morgan fingerprint density at radius 3 is 2.71 bits per heavy atom. The van der Waals surface area contributed by atoms with Gasteiger partial charge >= 0.3 is 0 Å². The molecule has 2 aliphatic rings. The summed E-state index contributed by atoms with van der Waals surface area (Å²) in [7, 11) is 4.10. The number of likely N-dealkylation sites (tertiary alicyclic amines) is 1. The quantitative estimate of drug-likeness (QED) is 0.777. The molecule has 0 aromatic carbocycles. The number of likely N-dealkylation sites (N-methyl/N-ethyl adjacent to an activating group) is 1. The largest absolute Gasteiger partial charge is 0.342 e. The molecular weight excluding hydrogens is 214 g/mol. The maximum absolute atomic E-state index is 11.9. The third kappa shape index (κ3) is 3.42. The van der Waals surface area contributed by atoms with Crippen LogP contribution in [0.2, 0.25) is 0 Å². The van der Waals surface area contributed by atoms with E-state index in [1.807, 2.05) is 11.9 Å². The normalized spacial score (nSPS) is 30.3. The van der Waals surface area contributed by atoms with Crippen molar-refractivity contribution in [3.05, 3.63) is 0 Å². The van der Waals surface area contributed by atoms with Gasteiger partial charge in [0, 0.05) is 25.7 Å². The first-order valence-corrected chi connectivity index (χ1v) is 6.75. The lowest BCUT2D eigenvalue weighted by Gasteiger charge is -2.35. The van der Waals surface area contributed by atoms with Gasteiger partial charge in [0.05, 0.1) is 6.54 Å². The summed E-state index contributed by atoms with van der Waals surface area (Å²) in [6.45, 7) is 5.03. The molecule has 0 spiro atoms. The minimum Gasteiger partial charge on any atom is -0.342 e. The van der Waals surface area contributed by atoms with Crippen LogP contribution in [0.4, 0.5) is 0 Å². The van der Waals surface area contributed by atoms with Crippen LogP contribution < -0.4 is 5.32 Å². The molecule has 1 aliphatic carbocycles. The monoisotopic (exact) mass is 239 g/mol. The first-order valence-electron chi connectivity index (χ1n) is 6.75. The lowest BCUT2D eigenvalue weighted by molar-refractivity contribution is -0.129. The molecule has 1 aliphatic heterocycles. The van der Waals surface area contributed by atoms with Crippen molar-refractivity contribution in [3.8, 4) is 0 Å². The number of amides is 1. The van der Waals surface area contributed by atoms with Crippen molar-refractivity contribution >= 4 is 5.91 Å². The number of hydrogen-bond donors (Lipinski definition) is 1. The highest BCUT2D eigenvalue weighted by molar-refractivity contribution is 5.78. The number of hydrogen-bond acceptors (Lipinski definition) is 3. The van der Waals surface area contributed by atoms with Crippen molar-refractivity contribution in [3.63, 3.8) is 0 Å². The Bertz CT molecular complexity index is 278. The molecule has 2 rings (SSSR count). The molecule has 1 saturated carbocycles. The van der Waals surface area contributed by atoms with Gasteiger partial charge in [0.25, 0.3) is 0 Å². The Kier molecular flexibility index (Phi) is 4.05. The molecule has 98 valence electrons. The predicted octanol–water partition coefficient (Wildman–Crippen LogP) is 0.537. The van der Waals surface area contributed by atoms with E-state index in [0.717, 1.165) is 19.5 Å². The molecule has 1 N–H and O–H groups in total. The van der Waals surface area contributed by atoms with Crippen LogP contribution in [0.25, 0.3) is 0 Å². The maximum Gasteiger partial charge on any atom is 0.236 e. The van der Waals surface area contributed by atoms with Crippen molar-refractivity contribution in [1.82, 2.24) is 15.1 Å². The van der Waals surface area contributed by atoms with Crippen molar-refractivity contribution in [2.24, 2.45) is 5.92 Å². The molecule has 1 amide bonds. The summed E-state index contributed by atoms with van der Waals surface area (Å²) < 4.78 is 0. The van der Waals surface area contributed by atoms with Gasteiger partial charge in [-0.25, -0.2) is 0 Å². The average molecular weight is 239 g/mol. The third-order valence-electron chi connectivity index (χ3n) is 4.11. The van der Waals surface area contributed by atoms with Gasteiger partial charge < -0.3 is 15.1 Å². The van der Waals surface area contributed by atoms with Crippen LogP contribution in [0.15, 0.2) is 0 Å². The van der Waals surface area contributed by atoms with Gasteiger partial charge in [-0.2, -0.15) is 0 Å². The van der Waals surface area contributed by atoms with Crippen molar-refractivity contribution in [2.75, 3.05) is 33.7 Å². The van der Waals surface area contributed by atoms with Crippen LogP contribution in [0, 0.1) is 5.92 Å². The fourth-order valence-electron chi connectivity index (χ4n) is 2.67. The fraction of sp³-hybridized carbons (Fsp3) is 0.923. The van der Waals surface area contributed by atoms with Crippen molar-refractivity contribution in [2.45, 2.75) is 38.3 Å². The molecule has 17 heavy (non-hydrogen) atoms. The SMILES string of the molecule is CC1CN(C)CCC1NCC(=O)N(C)C1CC1. The molecule has 0 aromatic heterocycles. The summed E-state index contributed by atoms with van der Waals surface area (Å²) in [6, 6.07) is 1.03. The Hall–Kier alpha value is -0.610. The van der Waals surface area contributed by atoms with Gasteiger partial charge in [0.2, 0.25) is 5.91 Å². The summed E-state index contributed by atoms with van der Waals surface area (Å²) in [6.07, 6.45) is 3.53. The lowest BCUT2D eigenvalue weighted by atomic mass is 9.94. The Balaban J connectivity index is 1.72. The van der Waals surface area contributed by atoms with Crippen LogP contribution in [-0.4, -0.2) is 61.5 Å². The number of nitrogens with one attached hydrogen (secondary N) is 1. The van der Waals surface area contributed by atoms with E-state index in [1.54, 1.807) is 0 Å². The average Bonchev–Trinajstić information content (AvgIpc) is 3.10. The molecule has 4 nitrogen and oxygen atoms in total. The number of piperidine rings is 1. The van der Waals surface area contributed by atoms with E-state index < -0.39 is 0 Å². The molecule has 2 unspecified atom stereocenters. The second kappa shape index (κ2) is 5.36. The molecule has 0 radical (unpaired) electrons. The standard InChI is InChI=1S/C13H25N3O/c1-10-9-15(2)7-6-12(10)14-8-13(17)16(3)11-4-5-11/h10-12,14H,4-9H2,1-3H3.